The second-order valence-electron chi connectivity index (χ2n) is 2.96. The minimum absolute atomic E-state index is 0.153. The molecule has 5 heteroatoms. The van der Waals surface area contributed by atoms with Crippen LogP contribution in [-0.2, 0) is 11.2 Å². The summed E-state index contributed by atoms with van der Waals surface area (Å²) < 4.78 is 38.3. The van der Waals surface area contributed by atoms with Crippen molar-refractivity contribution < 1.29 is 18.0 Å². The van der Waals surface area contributed by atoms with Crippen LogP contribution >= 0.6 is 0 Å². The highest BCUT2D eigenvalue weighted by molar-refractivity contribution is 5.78. The smallest absolute Gasteiger partial charge is 0.224 e. The fourth-order valence-electron chi connectivity index (χ4n) is 1.14. The largest absolute Gasteiger partial charge is 0.356 e. The number of hydrogen-bond donors (Lipinski definition) is 1. The average molecular weight is 217 g/mol. The predicted octanol–water partition coefficient (Wildman–Crippen LogP) is 1.78. The predicted molar refractivity (Wildman–Crippen MR) is 48.7 cm³/mol. The Morgan fingerprint density at radius 3 is 2.53 bits per heavy atom. The Labute approximate surface area is 85.1 Å². The molecule has 1 N–H and O–H groups in total. The monoisotopic (exact) mass is 217 g/mol. The fraction of sp³-hybridized carbons (Fsp3) is 0.300. The number of nitrogens with one attached hydrogen (secondary N) is 1. The first kappa shape index (κ1) is 11.6. The van der Waals surface area contributed by atoms with E-state index in [2.05, 4.69) is 5.32 Å². The summed E-state index contributed by atoms with van der Waals surface area (Å²) in [5, 5.41) is 2.43. The van der Waals surface area contributed by atoms with Crippen molar-refractivity contribution in [1.29, 1.82) is 0 Å². The topological polar surface area (TPSA) is 29.1 Å². The SMILES string of the molecule is CCNC(=O)Cc1ccc(F)c(F)c1F. The van der Waals surface area contributed by atoms with Crippen LogP contribution in [0.5, 0.6) is 0 Å². The molecule has 0 aliphatic heterocycles. The third-order valence-corrected chi connectivity index (χ3v) is 1.84. The summed E-state index contributed by atoms with van der Waals surface area (Å²) >= 11 is 0. The molecular formula is C10H10F3NO. The van der Waals surface area contributed by atoms with Gasteiger partial charge in [-0.25, -0.2) is 13.2 Å². The summed E-state index contributed by atoms with van der Waals surface area (Å²) in [6, 6.07) is 1.86. The van der Waals surface area contributed by atoms with E-state index >= 15 is 0 Å². The van der Waals surface area contributed by atoms with Crippen molar-refractivity contribution in [2.75, 3.05) is 6.54 Å². The minimum atomic E-state index is -1.54. The quantitative estimate of drug-likeness (QED) is 0.768. The van der Waals surface area contributed by atoms with Gasteiger partial charge in [0, 0.05) is 12.1 Å². The average Bonchev–Trinajstić information content (AvgIpc) is 2.20. The lowest BCUT2D eigenvalue weighted by Gasteiger charge is -2.04. The highest BCUT2D eigenvalue weighted by Crippen LogP contribution is 2.15. The Hall–Kier alpha value is -1.52. The molecule has 0 spiro atoms. The number of likely N-dealkylation sites (N-methyl/N-ethyl adjacent to an activating group) is 1. The number of halogens is 3. The molecule has 0 aromatic heterocycles. The van der Waals surface area contributed by atoms with E-state index in [1.807, 2.05) is 0 Å². The normalized spacial score (nSPS) is 10.1. The maximum absolute atomic E-state index is 13.1. The van der Waals surface area contributed by atoms with Crippen molar-refractivity contribution in [3.63, 3.8) is 0 Å². The van der Waals surface area contributed by atoms with Crippen molar-refractivity contribution in [2.45, 2.75) is 13.3 Å². The lowest BCUT2D eigenvalue weighted by atomic mass is 10.1. The van der Waals surface area contributed by atoms with E-state index in [9.17, 15) is 18.0 Å². The summed E-state index contributed by atoms with van der Waals surface area (Å²) in [7, 11) is 0. The number of amides is 1. The first-order valence-corrected chi connectivity index (χ1v) is 4.45. The standard InChI is InChI=1S/C10H10F3NO/c1-2-14-8(15)5-6-3-4-7(11)10(13)9(6)12/h3-4H,2,5H2,1H3,(H,14,15). The molecule has 0 saturated carbocycles. The van der Waals surface area contributed by atoms with Crippen LogP contribution in [0.1, 0.15) is 12.5 Å². The molecule has 0 fully saturated rings. The second kappa shape index (κ2) is 4.82. The van der Waals surface area contributed by atoms with Gasteiger partial charge in [-0.2, -0.15) is 0 Å². The van der Waals surface area contributed by atoms with E-state index in [0.29, 0.717) is 6.54 Å². The molecule has 82 valence electrons. The van der Waals surface area contributed by atoms with Crippen molar-refractivity contribution >= 4 is 5.91 Å². The van der Waals surface area contributed by atoms with Gasteiger partial charge in [-0.1, -0.05) is 6.07 Å². The first-order valence-electron chi connectivity index (χ1n) is 4.45. The van der Waals surface area contributed by atoms with E-state index < -0.39 is 23.4 Å². The zero-order valence-electron chi connectivity index (χ0n) is 8.11. The molecule has 1 rings (SSSR count). The zero-order valence-corrected chi connectivity index (χ0v) is 8.11. The zero-order chi connectivity index (χ0) is 11.4. The number of carbonyl (C=O) groups is 1. The van der Waals surface area contributed by atoms with E-state index in [1.165, 1.54) is 0 Å². The van der Waals surface area contributed by atoms with Crippen LogP contribution in [-0.4, -0.2) is 12.5 Å². The van der Waals surface area contributed by atoms with Gasteiger partial charge in [-0.3, -0.25) is 4.79 Å². The summed E-state index contributed by atoms with van der Waals surface area (Å²) in [5.41, 5.74) is -0.153. The van der Waals surface area contributed by atoms with Crippen molar-refractivity contribution in [1.82, 2.24) is 5.32 Å². The van der Waals surface area contributed by atoms with Crippen LogP contribution in [0.25, 0.3) is 0 Å². The van der Waals surface area contributed by atoms with Crippen LogP contribution in [0.4, 0.5) is 13.2 Å². The molecule has 1 amide bonds. The molecule has 0 aliphatic carbocycles. The van der Waals surface area contributed by atoms with Gasteiger partial charge >= 0.3 is 0 Å². The third kappa shape index (κ3) is 2.71. The molecule has 0 aliphatic rings. The van der Waals surface area contributed by atoms with Crippen LogP contribution in [0, 0.1) is 17.5 Å². The second-order valence-corrected chi connectivity index (χ2v) is 2.96. The summed E-state index contributed by atoms with van der Waals surface area (Å²) in [5.74, 6) is -4.53. The van der Waals surface area contributed by atoms with Crippen molar-refractivity contribution in [3.8, 4) is 0 Å². The van der Waals surface area contributed by atoms with Crippen molar-refractivity contribution in [2.24, 2.45) is 0 Å². The first-order chi connectivity index (χ1) is 7.06. The fourth-order valence-corrected chi connectivity index (χ4v) is 1.14. The van der Waals surface area contributed by atoms with Crippen LogP contribution in [0.3, 0.4) is 0 Å². The summed E-state index contributed by atoms with van der Waals surface area (Å²) in [6.07, 6.45) is -0.295. The Bertz CT molecular complexity index is 379. The molecule has 1 aromatic carbocycles. The van der Waals surface area contributed by atoms with Gasteiger partial charge < -0.3 is 5.32 Å². The molecule has 1 aromatic rings. The van der Waals surface area contributed by atoms with Gasteiger partial charge in [0.2, 0.25) is 5.91 Å². The molecule has 0 saturated heterocycles. The van der Waals surface area contributed by atoms with Gasteiger partial charge in [0.05, 0.1) is 6.42 Å². The van der Waals surface area contributed by atoms with E-state index in [1.54, 1.807) is 6.92 Å². The Morgan fingerprint density at radius 1 is 1.27 bits per heavy atom. The van der Waals surface area contributed by atoms with Crippen LogP contribution < -0.4 is 5.32 Å². The van der Waals surface area contributed by atoms with Crippen LogP contribution in [0.2, 0.25) is 0 Å². The van der Waals surface area contributed by atoms with E-state index in [0.717, 1.165) is 12.1 Å². The highest BCUT2D eigenvalue weighted by atomic mass is 19.2. The number of carbonyl (C=O) groups excluding carboxylic acids is 1. The van der Waals surface area contributed by atoms with Crippen molar-refractivity contribution in [3.05, 3.63) is 35.1 Å². The van der Waals surface area contributed by atoms with Gasteiger partial charge in [-0.05, 0) is 13.0 Å². The molecule has 15 heavy (non-hydrogen) atoms. The summed E-state index contributed by atoms with van der Waals surface area (Å²) in [4.78, 5) is 11.1. The Kier molecular flexibility index (Phi) is 3.71. The van der Waals surface area contributed by atoms with Gasteiger partial charge in [-0.15, -0.1) is 0 Å². The Morgan fingerprint density at radius 2 is 1.93 bits per heavy atom. The molecule has 0 atom stereocenters. The van der Waals surface area contributed by atoms with Gasteiger partial charge in [0.25, 0.3) is 0 Å². The number of benzene rings is 1. The maximum Gasteiger partial charge on any atom is 0.224 e. The molecule has 0 unspecified atom stereocenters. The van der Waals surface area contributed by atoms with Crippen LogP contribution in [0.15, 0.2) is 12.1 Å². The summed E-state index contributed by atoms with van der Waals surface area (Å²) in [6.45, 7) is 2.11. The number of rotatable bonds is 3. The Balaban J connectivity index is 2.87. The number of hydrogen-bond acceptors (Lipinski definition) is 1. The highest BCUT2D eigenvalue weighted by Gasteiger charge is 2.15. The molecule has 0 bridgehead atoms. The minimum Gasteiger partial charge on any atom is -0.356 e. The molecular weight excluding hydrogens is 207 g/mol. The maximum atomic E-state index is 13.1. The van der Waals surface area contributed by atoms with Gasteiger partial charge in [0.1, 0.15) is 0 Å². The molecule has 2 nitrogen and oxygen atoms in total. The van der Waals surface area contributed by atoms with E-state index in [4.69, 9.17) is 0 Å². The lowest BCUT2D eigenvalue weighted by Crippen LogP contribution is -2.25. The van der Waals surface area contributed by atoms with E-state index in [-0.39, 0.29) is 12.0 Å². The lowest BCUT2D eigenvalue weighted by molar-refractivity contribution is -0.120. The third-order valence-electron chi connectivity index (χ3n) is 1.84. The van der Waals surface area contributed by atoms with Gasteiger partial charge in [0.15, 0.2) is 17.5 Å². The molecule has 0 radical (unpaired) electrons. The molecule has 0 heterocycles.